The van der Waals surface area contributed by atoms with Crippen molar-refractivity contribution in [2.24, 2.45) is 10.7 Å². The van der Waals surface area contributed by atoms with Crippen molar-refractivity contribution < 1.29 is 9.47 Å². The van der Waals surface area contributed by atoms with Gasteiger partial charge in [-0.15, -0.1) is 0 Å². The Bertz CT molecular complexity index is 992. The van der Waals surface area contributed by atoms with Crippen LogP contribution in [0.3, 0.4) is 0 Å². The molecule has 0 unspecified atom stereocenters. The molecule has 0 atom stereocenters. The summed E-state index contributed by atoms with van der Waals surface area (Å²) >= 11 is 0. The van der Waals surface area contributed by atoms with Crippen LogP contribution in [-0.4, -0.2) is 17.8 Å². The lowest BCUT2D eigenvalue weighted by atomic mass is 9.97. The van der Waals surface area contributed by atoms with Gasteiger partial charge < -0.3 is 26.3 Å². The smallest absolute Gasteiger partial charge is 0.155 e. The number of nitrogens with two attached hydrogens (primary N) is 2. The molecule has 7 heteroatoms. The zero-order valence-corrected chi connectivity index (χ0v) is 15.7. The van der Waals surface area contributed by atoms with Gasteiger partial charge in [-0.05, 0) is 44.0 Å². The van der Waals surface area contributed by atoms with Crippen molar-refractivity contribution in [3.63, 3.8) is 0 Å². The third kappa shape index (κ3) is 3.38. The summed E-state index contributed by atoms with van der Waals surface area (Å²) in [7, 11) is 0. The zero-order valence-electron chi connectivity index (χ0n) is 15.7. The lowest BCUT2D eigenvalue weighted by Crippen LogP contribution is -2.09. The molecule has 0 bridgehead atoms. The molecule has 0 amide bonds. The highest BCUT2D eigenvalue weighted by Gasteiger charge is 2.52. The molecule has 28 heavy (non-hydrogen) atoms. The second kappa shape index (κ2) is 6.92. The molecule has 7 nitrogen and oxygen atoms in total. The van der Waals surface area contributed by atoms with Crippen molar-refractivity contribution in [3.8, 4) is 11.5 Å². The van der Waals surface area contributed by atoms with Gasteiger partial charge >= 0.3 is 0 Å². The first-order valence-electron chi connectivity index (χ1n) is 9.10. The number of rotatable bonds is 6. The summed E-state index contributed by atoms with van der Waals surface area (Å²) < 4.78 is 11.8. The molecule has 144 valence electrons. The van der Waals surface area contributed by atoms with Gasteiger partial charge in [0.2, 0.25) is 0 Å². The van der Waals surface area contributed by atoms with E-state index < -0.39 is 0 Å². The Balaban J connectivity index is 1.46. The molecule has 2 aliphatic rings. The molecule has 4 rings (SSSR count). The Morgan fingerprint density at radius 1 is 1.36 bits per heavy atom. The van der Waals surface area contributed by atoms with Gasteiger partial charge in [0, 0.05) is 22.9 Å². The summed E-state index contributed by atoms with van der Waals surface area (Å²) in [5, 5.41) is 3.01. The highest BCUT2D eigenvalue weighted by molar-refractivity contribution is 5.77. The largest absolute Gasteiger partial charge is 0.492 e. The fraction of sp³-hybridized carbons (Fsp3) is 0.238. The van der Waals surface area contributed by atoms with Crippen LogP contribution in [0.1, 0.15) is 24.1 Å². The molecule has 1 aliphatic carbocycles. The number of fused-ring (bicyclic) bond motifs is 2. The summed E-state index contributed by atoms with van der Waals surface area (Å²) in [6.45, 7) is 6.54. The standard InChI is InChI=1S/C21H23N5O2/c1-13-6-7-15(23)20(25-13)26-18(10-22)24-11-14(2)28-17-5-3-4-16-19(17)21(8-9-21)12-27-16/h3-7,10-11H,2,8-9,12,22-23H2,1H3,(H,25,26)/b18-10+,24-11-. The van der Waals surface area contributed by atoms with E-state index in [1.807, 2.05) is 31.2 Å². The van der Waals surface area contributed by atoms with E-state index in [9.17, 15) is 0 Å². The number of aliphatic imine (C=N–C) groups is 1. The Kier molecular flexibility index (Phi) is 4.43. The number of pyridine rings is 1. The van der Waals surface area contributed by atoms with Crippen molar-refractivity contribution in [1.29, 1.82) is 0 Å². The van der Waals surface area contributed by atoms with E-state index in [-0.39, 0.29) is 5.41 Å². The molecular weight excluding hydrogens is 354 g/mol. The van der Waals surface area contributed by atoms with Gasteiger partial charge in [-0.25, -0.2) is 9.98 Å². The van der Waals surface area contributed by atoms with E-state index in [0.29, 0.717) is 23.1 Å². The maximum Gasteiger partial charge on any atom is 0.155 e. The minimum atomic E-state index is 0.113. The average molecular weight is 377 g/mol. The summed E-state index contributed by atoms with van der Waals surface area (Å²) in [6.07, 6.45) is 5.08. The molecule has 1 saturated carbocycles. The number of hydrogen-bond donors (Lipinski definition) is 3. The second-order valence-corrected chi connectivity index (χ2v) is 7.09. The number of nitrogens with zero attached hydrogens (tertiary/aromatic N) is 2. The topological polar surface area (TPSA) is 108 Å². The van der Waals surface area contributed by atoms with Crippen molar-refractivity contribution in [2.75, 3.05) is 17.7 Å². The number of aromatic nitrogens is 1. The second-order valence-electron chi connectivity index (χ2n) is 7.09. The van der Waals surface area contributed by atoms with Gasteiger partial charge in [-0.3, -0.25) is 0 Å². The first-order chi connectivity index (χ1) is 13.5. The lowest BCUT2D eigenvalue weighted by molar-refractivity contribution is 0.323. The Morgan fingerprint density at radius 3 is 2.93 bits per heavy atom. The van der Waals surface area contributed by atoms with Gasteiger partial charge in [0.25, 0.3) is 0 Å². The van der Waals surface area contributed by atoms with Gasteiger partial charge in [0.1, 0.15) is 23.1 Å². The number of nitrogens with one attached hydrogen (secondary N) is 1. The molecule has 5 N–H and O–H groups in total. The monoisotopic (exact) mass is 377 g/mol. The van der Waals surface area contributed by atoms with E-state index in [4.69, 9.17) is 20.9 Å². The Morgan fingerprint density at radius 2 is 2.18 bits per heavy atom. The Labute approximate surface area is 163 Å². The van der Waals surface area contributed by atoms with Gasteiger partial charge in [0.15, 0.2) is 5.82 Å². The number of anilines is 2. The van der Waals surface area contributed by atoms with E-state index in [0.717, 1.165) is 42.2 Å². The number of aryl methyl sites for hydroxylation is 1. The van der Waals surface area contributed by atoms with Crippen LogP contribution in [-0.2, 0) is 5.41 Å². The van der Waals surface area contributed by atoms with Crippen LogP contribution in [0.4, 0.5) is 11.5 Å². The van der Waals surface area contributed by atoms with Gasteiger partial charge in [-0.2, -0.15) is 0 Å². The van der Waals surface area contributed by atoms with Crippen LogP contribution >= 0.6 is 0 Å². The minimum absolute atomic E-state index is 0.113. The van der Waals surface area contributed by atoms with Crippen molar-refractivity contribution >= 4 is 17.7 Å². The van der Waals surface area contributed by atoms with Crippen LogP contribution in [0.25, 0.3) is 0 Å². The molecule has 1 spiro atoms. The normalized spacial score (nSPS) is 16.7. The maximum absolute atomic E-state index is 5.96. The van der Waals surface area contributed by atoms with Gasteiger partial charge in [0.05, 0.1) is 18.5 Å². The van der Waals surface area contributed by atoms with E-state index in [2.05, 4.69) is 21.9 Å². The fourth-order valence-corrected chi connectivity index (χ4v) is 3.29. The highest BCUT2D eigenvalue weighted by Crippen LogP contribution is 2.58. The SMILES string of the molecule is C=C(/C=N\C(=C/N)Nc1nc(C)ccc1N)Oc1cccc2c1C1(CC1)CO2. The lowest BCUT2D eigenvalue weighted by Gasteiger charge is -2.13. The molecule has 1 aromatic heterocycles. The summed E-state index contributed by atoms with van der Waals surface area (Å²) in [5.41, 5.74) is 14.2. The number of allylic oxidation sites excluding steroid dienone is 1. The van der Waals surface area contributed by atoms with Crippen molar-refractivity contribution in [3.05, 3.63) is 65.9 Å². The number of hydrogen-bond acceptors (Lipinski definition) is 7. The molecule has 0 saturated heterocycles. The summed E-state index contributed by atoms with van der Waals surface area (Å²) in [4.78, 5) is 8.64. The third-order valence-corrected chi connectivity index (χ3v) is 4.93. The van der Waals surface area contributed by atoms with E-state index in [1.54, 1.807) is 6.07 Å². The molecule has 1 fully saturated rings. The van der Waals surface area contributed by atoms with Crippen LogP contribution in [0.2, 0.25) is 0 Å². The molecular formula is C21H23N5O2. The highest BCUT2D eigenvalue weighted by atomic mass is 16.5. The number of benzene rings is 1. The number of nitrogen functional groups attached to an aromatic ring is 1. The summed E-state index contributed by atoms with van der Waals surface area (Å²) in [5.74, 6) is 2.93. The molecule has 1 aromatic carbocycles. The predicted octanol–water partition coefficient (Wildman–Crippen LogP) is 3.23. The van der Waals surface area contributed by atoms with Crippen LogP contribution in [0.5, 0.6) is 11.5 Å². The van der Waals surface area contributed by atoms with Gasteiger partial charge in [-0.1, -0.05) is 12.6 Å². The first kappa shape index (κ1) is 17.9. The maximum atomic E-state index is 5.96. The number of ether oxygens (including phenoxy) is 2. The molecule has 2 heterocycles. The first-order valence-corrected chi connectivity index (χ1v) is 9.10. The summed E-state index contributed by atoms with van der Waals surface area (Å²) in [6, 6.07) is 9.43. The fourth-order valence-electron chi connectivity index (χ4n) is 3.29. The molecule has 2 aromatic rings. The van der Waals surface area contributed by atoms with E-state index in [1.165, 1.54) is 12.4 Å². The molecule has 0 radical (unpaired) electrons. The van der Waals surface area contributed by atoms with Crippen LogP contribution < -0.4 is 26.3 Å². The zero-order chi connectivity index (χ0) is 19.7. The Hall–Kier alpha value is -3.48. The predicted molar refractivity (Wildman–Crippen MR) is 110 cm³/mol. The average Bonchev–Trinajstić information content (AvgIpc) is 3.36. The van der Waals surface area contributed by atoms with E-state index >= 15 is 0 Å². The molecule has 1 aliphatic heterocycles. The van der Waals surface area contributed by atoms with Crippen LogP contribution in [0, 0.1) is 6.92 Å². The van der Waals surface area contributed by atoms with Crippen molar-refractivity contribution in [2.45, 2.75) is 25.2 Å². The quantitative estimate of drug-likeness (QED) is 0.527. The third-order valence-electron chi connectivity index (χ3n) is 4.93. The minimum Gasteiger partial charge on any atom is -0.492 e. The van der Waals surface area contributed by atoms with Crippen LogP contribution in [0.15, 0.2) is 59.7 Å². The van der Waals surface area contributed by atoms with Crippen molar-refractivity contribution in [1.82, 2.24) is 4.98 Å².